The van der Waals surface area contributed by atoms with E-state index in [0.717, 1.165) is 11.1 Å². The summed E-state index contributed by atoms with van der Waals surface area (Å²) in [5.74, 6) is 0.0727. The van der Waals surface area contributed by atoms with E-state index in [1.807, 2.05) is 24.3 Å². The fourth-order valence-corrected chi connectivity index (χ4v) is 1.81. The molecule has 0 atom stereocenters. The lowest BCUT2D eigenvalue weighted by atomic mass is 10.2. The minimum atomic E-state index is 0.0727. The SMILES string of the molecule is N/C(=N\N=Cc1ccc(Cl)cc1)NN=Cc1cccc(Cl)c1. The molecule has 0 aliphatic heterocycles. The van der Waals surface area contributed by atoms with Gasteiger partial charge in [0.1, 0.15) is 0 Å². The Morgan fingerprint density at radius 1 is 0.955 bits per heavy atom. The first-order valence-corrected chi connectivity index (χ1v) is 7.06. The Balaban J connectivity index is 1.88. The summed E-state index contributed by atoms with van der Waals surface area (Å²) < 4.78 is 0. The van der Waals surface area contributed by atoms with E-state index in [0.29, 0.717) is 10.0 Å². The summed E-state index contributed by atoms with van der Waals surface area (Å²) in [5, 5.41) is 12.9. The Morgan fingerprint density at radius 2 is 1.73 bits per heavy atom. The van der Waals surface area contributed by atoms with Crippen LogP contribution < -0.4 is 11.2 Å². The Labute approximate surface area is 138 Å². The second-order valence-corrected chi connectivity index (χ2v) is 5.08. The Hall–Kier alpha value is -2.37. The molecule has 0 heterocycles. The van der Waals surface area contributed by atoms with Crippen LogP contribution in [-0.4, -0.2) is 18.4 Å². The van der Waals surface area contributed by atoms with Gasteiger partial charge in [0.25, 0.3) is 0 Å². The van der Waals surface area contributed by atoms with Gasteiger partial charge in [0, 0.05) is 10.0 Å². The molecule has 2 aromatic rings. The number of hydrogen-bond donors (Lipinski definition) is 2. The van der Waals surface area contributed by atoms with Crippen molar-refractivity contribution in [3.8, 4) is 0 Å². The fraction of sp³-hybridized carbons (Fsp3) is 0. The van der Waals surface area contributed by atoms with Crippen LogP contribution in [-0.2, 0) is 0 Å². The summed E-state index contributed by atoms with van der Waals surface area (Å²) in [6.45, 7) is 0. The Morgan fingerprint density at radius 3 is 2.45 bits per heavy atom. The number of nitrogens with zero attached hydrogens (tertiary/aromatic N) is 3. The standard InChI is InChI=1S/C15H13Cl2N5/c16-13-6-4-11(5-7-13)9-19-21-15(18)22-20-10-12-2-1-3-14(17)8-12/h1-10H,(H3,18,21,22). The van der Waals surface area contributed by atoms with Gasteiger partial charge in [-0.25, -0.2) is 5.43 Å². The summed E-state index contributed by atoms with van der Waals surface area (Å²) in [6, 6.07) is 14.4. The molecule has 5 nitrogen and oxygen atoms in total. The summed E-state index contributed by atoms with van der Waals surface area (Å²) >= 11 is 11.7. The Bertz CT molecular complexity index is 708. The molecule has 0 unspecified atom stereocenters. The van der Waals surface area contributed by atoms with Gasteiger partial charge < -0.3 is 5.73 Å². The molecule has 7 heteroatoms. The van der Waals surface area contributed by atoms with Crippen LogP contribution >= 0.6 is 23.2 Å². The lowest BCUT2D eigenvalue weighted by Crippen LogP contribution is -2.26. The highest BCUT2D eigenvalue weighted by Gasteiger charge is 1.91. The van der Waals surface area contributed by atoms with E-state index in [1.54, 1.807) is 36.7 Å². The summed E-state index contributed by atoms with van der Waals surface area (Å²) in [7, 11) is 0. The molecule has 0 amide bonds. The van der Waals surface area contributed by atoms with Gasteiger partial charge in [-0.15, -0.1) is 5.10 Å². The molecule has 0 spiro atoms. The molecule has 2 rings (SSSR count). The lowest BCUT2D eigenvalue weighted by Gasteiger charge is -1.97. The number of rotatable bonds is 4. The minimum absolute atomic E-state index is 0.0727. The van der Waals surface area contributed by atoms with E-state index >= 15 is 0 Å². The van der Waals surface area contributed by atoms with E-state index < -0.39 is 0 Å². The molecule has 0 bridgehead atoms. The van der Waals surface area contributed by atoms with Crippen molar-refractivity contribution in [1.82, 2.24) is 5.43 Å². The number of nitrogens with one attached hydrogen (secondary N) is 1. The third kappa shape index (κ3) is 5.55. The van der Waals surface area contributed by atoms with Gasteiger partial charge in [0.15, 0.2) is 0 Å². The molecule has 0 aliphatic rings. The first kappa shape index (κ1) is 16.0. The average molecular weight is 334 g/mol. The van der Waals surface area contributed by atoms with Crippen LogP contribution in [0.15, 0.2) is 63.8 Å². The molecule has 0 saturated carbocycles. The average Bonchev–Trinajstić information content (AvgIpc) is 2.49. The van der Waals surface area contributed by atoms with Crippen LogP contribution in [0, 0.1) is 0 Å². The van der Waals surface area contributed by atoms with Crippen LogP contribution in [0.1, 0.15) is 11.1 Å². The van der Waals surface area contributed by atoms with Crippen molar-refractivity contribution in [3.05, 3.63) is 69.7 Å². The Kier molecular flexibility index (Phi) is 5.94. The minimum Gasteiger partial charge on any atom is -0.367 e. The summed E-state index contributed by atoms with van der Waals surface area (Å²) in [6.07, 6.45) is 3.14. The largest absolute Gasteiger partial charge is 0.367 e. The van der Waals surface area contributed by atoms with E-state index in [4.69, 9.17) is 28.9 Å². The molecule has 2 aromatic carbocycles. The third-order valence-corrected chi connectivity index (χ3v) is 2.97. The fourth-order valence-electron chi connectivity index (χ4n) is 1.49. The van der Waals surface area contributed by atoms with Gasteiger partial charge in [0.2, 0.25) is 5.96 Å². The number of hydrazone groups is 1. The molecule has 22 heavy (non-hydrogen) atoms. The number of halogens is 2. The highest BCUT2D eigenvalue weighted by Crippen LogP contribution is 2.09. The molecular formula is C15H13Cl2N5. The molecular weight excluding hydrogens is 321 g/mol. The van der Waals surface area contributed by atoms with Gasteiger partial charge in [-0.1, -0.05) is 47.5 Å². The summed E-state index contributed by atoms with van der Waals surface area (Å²) in [5.41, 5.74) is 9.89. The van der Waals surface area contributed by atoms with Crippen LogP contribution in [0.5, 0.6) is 0 Å². The predicted molar refractivity (Wildman–Crippen MR) is 92.9 cm³/mol. The first-order chi connectivity index (χ1) is 10.6. The molecule has 0 fully saturated rings. The first-order valence-electron chi connectivity index (χ1n) is 6.30. The number of benzene rings is 2. The van der Waals surface area contributed by atoms with Crippen molar-refractivity contribution in [2.45, 2.75) is 0 Å². The highest BCUT2D eigenvalue weighted by molar-refractivity contribution is 6.31. The zero-order valence-electron chi connectivity index (χ0n) is 11.4. The number of guanidine groups is 1. The maximum absolute atomic E-state index is 5.86. The molecule has 112 valence electrons. The molecule has 0 radical (unpaired) electrons. The van der Waals surface area contributed by atoms with Crippen molar-refractivity contribution >= 4 is 41.6 Å². The zero-order valence-corrected chi connectivity index (χ0v) is 13.0. The van der Waals surface area contributed by atoms with E-state index in [-0.39, 0.29) is 5.96 Å². The van der Waals surface area contributed by atoms with Crippen molar-refractivity contribution in [3.63, 3.8) is 0 Å². The topological polar surface area (TPSA) is 75.1 Å². The maximum Gasteiger partial charge on any atom is 0.234 e. The van der Waals surface area contributed by atoms with Gasteiger partial charge in [-0.05, 0) is 35.4 Å². The molecule has 0 saturated heterocycles. The van der Waals surface area contributed by atoms with E-state index in [1.165, 1.54) is 0 Å². The van der Waals surface area contributed by atoms with Crippen molar-refractivity contribution in [1.29, 1.82) is 0 Å². The zero-order chi connectivity index (χ0) is 15.8. The molecule has 0 aromatic heterocycles. The molecule has 0 aliphatic carbocycles. The number of hydrogen-bond acceptors (Lipinski definition) is 3. The van der Waals surface area contributed by atoms with E-state index in [2.05, 4.69) is 20.7 Å². The third-order valence-electron chi connectivity index (χ3n) is 2.48. The van der Waals surface area contributed by atoms with Gasteiger partial charge in [0.05, 0.1) is 12.4 Å². The number of nitrogens with two attached hydrogens (primary N) is 1. The van der Waals surface area contributed by atoms with Crippen molar-refractivity contribution < 1.29 is 0 Å². The lowest BCUT2D eigenvalue weighted by molar-refractivity contribution is 0.994. The van der Waals surface area contributed by atoms with Crippen LogP contribution in [0.2, 0.25) is 10.0 Å². The highest BCUT2D eigenvalue weighted by atomic mass is 35.5. The smallest absolute Gasteiger partial charge is 0.234 e. The molecule has 3 N–H and O–H groups in total. The monoisotopic (exact) mass is 333 g/mol. The second kappa shape index (κ2) is 8.17. The quantitative estimate of drug-likeness (QED) is 0.512. The van der Waals surface area contributed by atoms with Crippen LogP contribution in [0.3, 0.4) is 0 Å². The van der Waals surface area contributed by atoms with Crippen LogP contribution in [0.4, 0.5) is 0 Å². The maximum atomic E-state index is 5.86. The second-order valence-electron chi connectivity index (χ2n) is 4.21. The van der Waals surface area contributed by atoms with Gasteiger partial charge in [-0.3, -0.25) is 0 Å². The predicted octanol–water partition coefficient (Wildman–Crippen LogP) is 3.27. The van der Waals surface area contributed by atoms with E-state index in [9.17, 15) is 0 Å². The van der Waals surface area contributed by atoms with Gasteiger partial charge >= 0.3 is 0 Å². The van der Waals surface area contributed by atoms with Crippen molar-refractivity contribution in [2.75, 3.05) is 0 Å². The van der Waals surface area contributed by atoms with Crippen LogP contribution in [0.25, 0.3) is 0 Å². The summed E-state index contributed by atoms with van der Waals surface area (Å²) in [4.78, 5) is 0. The van der Waals surface area contributed by atoms with Gasteiger partial charge in [-0.2, -0.15) is 10.2 Å². The van der Waals surface area contributed by atoms with Crippen molar-refractivity contribution in [2.24, 2.45) is 21.0 Å². The normalized spacial score (nSPS) is 12.2.